The predicted molar refractivity (Wildman–Crippen MR) is 104 cm³/mol. The minimum absolute atomic E-state index is 0.189. The number of esters is 1. The Balaban J connectivity index is 1.59. The fourth-order valence-corrected chi connectivity index (χ4v) is 4.26. The van der Waals surface area contributed by atoms with Crippen molar-refractivity contribution in [2.75, 3.05) is 26.3 Å². The number of amides is 1. The van der Waals surface area contributed by atoms with E-state index in [2.05, 4.69) is 6.92 Å². The van der Waals surface area contributed by atoms with Crippen molar-refractivity contribution in [3.63, 3.8) is 0 Å². The average Bonchev–Trinajstić information content (AvgIpc) is 3.31. The van der Waals surface area contributed by atoms with Gasteiger partial charge in [-0.15, -0.1) is 0 Å². The summed E-state index contributed by atoms with van der Waals surface area (Å²) in [6.45, 7) is 5.70. The summed E-state index contributed by atoms with van der Waals surface area (Å²) in [7, 11) is 0. The summed E-state index contributed by atoms with van der Waals surface area (Å²) in [4.78, 5) is 25.6. The molecule has 1 aromatic rings. The molecule has 1 unspecified atom stereocenters. The van der Waals surface area contributed by atoms with Crippen LogP contribution in [0.2, 0.25) is 0 Å². The number of rotatable bonds is 7. The molecule has 2 aliphatic rings. The number of halogens is 1. The lowest BCUT2D eigenvalue weighted by molar-refractivity contribution is -0.148. The molecule has 1 atom stereocenters. The highest BCUT2D eigenvalue weighted by molar-refractivity contribution is 5.94. The lowest BCUT2D eigenvalue weighted by Crippen LogP contribution is -2.35. The van der Waals surface area contributed by atoms with E-state index in [1.807, 2.05) is 0 Å². The smallest absolute Gasteiger partial charge is 0.315 e. The lowest BCUT2D eigenvalue weighted by Gasteiger charge is -2.26. The summed E-state index contributed by atoms with van der Waals surface area (Å²) < 4.78 is 24.8. The van der Waals surface area contributed by atoms with Gasteiger partial charge in [0.1, 0.15) is 18.0 Å². The third-order valence-electron chi connectivity index (χ3n) is 5.85. The summed E-state index contributed by atoms with van der Waals surface area (Å²) in [6.07, 6.45) is 5.10. The summed E-state index contributed by atoms with van der Waals surface area (Å²) >= 11 is 0. The molecule has 0 spiro atoms. The van der Waals surface area contributed by atoms with Crippen LogP contribution in [0.1, 0.15) is 63.9 Å². The van der Waals surface area contributed by atoms with Crippen molar-refractivity contribution in [1.82, 2.24) is 4.90 Å². The second-order valence-corrected chi connectivity index (χ2v) is 8.31. The average molecular weight is 391 g/mol. The Morgan fingerprint density at radius 1 is 1.29 bits per heavy atom. The Hall–Kier alpha value is -2.11. The van der Waals surface area contributed by atoms with Crippen LogP contribution in [0.3, 0.4) is 0 Å². The summed E-state index contributed by atoms with van der Waals surface area (Å²) in [6, 6.07) is 4.78. The van der Waals surface area contributed by atoms with E-state index in [9.17, 15) is 14.0 Å². The minimum atomic E-state index is -0.482. The molecule has 154 valence electrons. The van der Waals surface area contributed by atoms with E-state index in [1.54, 1.807) is 24.0 Å². The number of hydrogen-bond acceptors (Lipinski definition) is 4. The predicted octanol–water partition coefficient (Wildman–Crippen LogP) is 4.05. The highest BCUT2D eigenvalue weighted by atomic mass is 19.1. The van der Waals surface area contributed by atoms with Crippen molar-refractivity contribution in [2.24, 2.45) is 5.41 Å². The van der Waals surface area contributed by atoms with Crippen molar-refractivity contribution in [2.45, 2.75) is 58.3 Å². The molecule has 5 nitrogen and oxygen atoms in total. The molecule has 0 bridgehead atoms. The molecular formula is C22H30FNO4. The highest BCUT2D eigenvalue weighted by Gasteiger charge is 2.37. The Bertz CT molecular complexity index is 716. The third kappa shape index (κ3) is 5.03. The summed E-state index contributed by atoms with van der Waals surface area (Å²) in [5, 5.41) is 0. The third-order valence-corrected chi connectivity index (χ3v) is 5.85. The van der Waals surface area contributed by atoms with Crippen LogP contribution in [0.25, 0.3) is 0 Å². The molecule has 1 saturated heterocycles. The van der Waals surface area contributed by atoms with Gasteiger partial charge in [0.15, 0.2) is 0 Å². The van der Waals surface area contributed by atoms with E-state index < -0.39 is 5.97 Å². The second kappa shape index (κ2) is 8.93. The lowest BCUT2D eigenvalue weighted by atomic mass is 9.91. The van der Waals surface area contributed by atoms with Gasteiger partial charge in [0, 0.05) is 24.1 Å². The molecule has 1 saturated carbocycles. The zero-order chi connectivity index (χ0) is 20.1. The number of carbonyl (C=O) groups is 2. The Labute approximate surface area is 166 Å². The molecule has 1 amide bonds. The monoisotopic (exact) mass is 391 g/mol. The molecule has 28 heavy (non-hydrogen) atoms. The standard InChI is InChI=1S/C22H30FNO4/c1-3-27-21(26)13-20(25)24-11-10-22(2,14-24)15-28-19-9-8-17(23)12-18(19)16-6-4-5-7-16/h8-9,12,16H,3-7,10-11,13-15H2,1-2H3. The first-order valence-electron chi connectivity index (χ1n) is 10.3. The van der Waals surface area contributed by atoms with Crippen LogP contribution >= 0.6 is 0 Å². The van der Waals surface area contributed by atoms with Crippen LogP contribution in [0.4, 0.5) is 4.39 Å². The first-order valence-corrected chi connectivity index (χ1v) is 10.3. The Kier molecular flexibility index (Phi) is 6.57. The number of ether oxygens (including phenoxy) is 2. The SMILES string of the molecule is CCOC(=O)CC(=O)N1CCC(C)(COc2ccc(F)cc2C2CCCC2)C1. The molecule has 6 heteroatoms. The molecule has 0 radical (unpaired) electrons. The number of nitrogens with zero attached hydrogens (tertiary/aromatic N) is 1. The van der Waals surface area contributed by atoms with Gasteiger partial charge in [-0.3, -0.25) is 9.59 Å². The van der Waals surface area contributed by atoms with Gasteiger partial charge < -0.3 is 14.4 Å². The van der Waals surface area contributed by atoms with Gasteiger partial charge in [0.25, 0.3) is 0 Å². The first kappa shape index (κ1) is 20.6. The van der Waals surface area contributed by atoms with Gasteiger partial charge in [-0.25, -0.2) is 4.39 Å². The van der Waals surface area contributed by atoms with Crippen LogP contribution in [0.5, 0.6) is 5.75 Å². The molecule has 1 aliphatic heterocycles. The molecule has 0 aromatic heterocycles. The Morgan fingerprint density at radius 3 is 2.75 bits per heavy atom. The van der Waals surface area contributed by atoms with Crippen molar-refractivity contribution >= 4 is 11.9 Å². The van der Waals surface area contributed by atoms with Crippen LogP contribution in [-0.4, -0.2) is 43.1 Å². The van der Waals surface area contributed by atoms with Crippen LogP contribution in [0.15, 0.2) is 18.2 Å². The fourth-order valence-electron chi connectivity index (χ4n) is 4.26. The molecule has 2 fully saturated rings. The number of likely N-dealkylation sites (tertiary alicyclic amines) is 1. The van der Waals surface area contributed by atoms with Gasteiger partial charge in [-0.05, 0) is 50.3 Å². The van der Waals surface area contributed by atoms with Crippen molar-refractivity contribution in [3.8, 4) is 5.75 Å². The maximum atomic E-state index is 13.8. The van der Waals surface area contributed by atoms with E-state index in [1.165, 1.54) is 18.9 Å². The number of carbonyl (C=O) groups excluding carboxylic acids is 2. The minimum Gasteiger partial charge on any atom is -0.493 e. The fraction of sp³-hybridized carbons (Fsp3) is 0.636. The largest absolute Gasteiger partial charge is 0.493 e. The van der Waals surface area contributed by atoms with Gasteiger partial charge in [-0.1, -0.05) is 19.8 Å². The van der Waals surface area contributed by atoms with Gasteiger partial charge in [0.05, 0.1) is 13.2 Å². The molecule has 1 aliphatic carbocycles. The molecule has 3 rings (SSSR count). The van der Waals surface area contributed by atoms with Crippen molar-refractivity contribution in [3.05, 3.63) is 29.6 Å². The normalized spacial score (nSPS) is 22.5. The topological polar surface area (TPSA) is 55.8 Å². The molecule has 1 heterocycles. The van der Waals surface area contributed by atoms with Crippen molar-refractivity contribution < 1.29 is 23.5 Å². The summed E-state index contributed by atoms with van der Waals surface area (Å²) in [5.41, 5.74) is 0.778. The number of hydrogen-bond donors (Lipinski definition) is 0. The van der Waals surface area contributed by atoms with Crippen LogP contribution in [0, 0.1) is 11.2 Å². The van der Waals surface area contributed by atoms with Crippen molar-refractivity contribution in [1.29, 1.82) is 0 Å². The second-order valence-electron chi connectivity index (χ2n) is 8.31. The van der Waals surface area contributed by atoms with Crippen LogP contribution < -0.4 is 4.74 Å². The highest BCUT2D eigenvalue weighted by Crippen LogP contribution is 2.40. The van der Waals surface area contributed by atoms with Gasteiger partial charge in [0.2, 0.25) is 5.91 Å². The maximum Gasteiger partial charge on any atom is 0.315 e. The Morgan fingerprint density at radius 2 is 2.04 bits per heavy atom. The quantitative estimate of drug-likeness (QED) is 0.520. The molecular weight excluding hydrogens is 361 g/mol. The van der Waals surface area contributed by atoms with E-state index in [0.29, 0.717) is 25.6 Å². The first-order chi connectivity index (χ1) is 13.4. The maximum absolute atomic E-state index is 13.8. The van der Waals surface area contributed by atoms with E-state index in [4.69, 9.17) is 9.47 Å². The van der Waals surface area contributed by atoms with Gasteiger partial charge in [-0.2, -0.15) is 0 Å². The van der Waals surface area contributed by atoms with Gasteiger partial charge >= 0.3 is 5.97 Å². The molecule has 0 N–H and O–H groups in total. The zero-order valence-corrected chi connectivity index (χ0v) is 16.8. The molecule has 1 aromatic carbocycles. The summed E-state index contributed by atoms with van der Waals surface area (Å²) in [5.74, 6) is 0.216. The van der Waals surface area contributed by atoms with Crippen LogP contribution in [-0.2, 0) is 14.3 Å². The number of benzene rings is 1. The van der Waals surface area contributed by atoms with E-state index >= 15 is 0 Å². The zero-order valence-electron chi connectivity index (χ0n) is 16.8. The van der Waals surface area contributed by atoms with E-state index in [0.717, 1.165) is 30.6 Å². The van der Waals surface area contributed by atoms with E-state index in [-0.39, 0.29) is 30.2 Å².